The SMILES string of the molecule is Cc1ccc2c(c1)CN(Cc1cc[n+]([O-])cc1)CO2. The third kappa shape index (κ3) is 2.69. The Labute approximate surface area is 112 Å². The molecule has 0 fully saturated rings. The topological polar surface area (TPSA) is 39.4 Å². The summed E-state index contributed by atoms with van der Waals surface area (Å²) in [7, 11) is 0. The van der Waals surface area contributed by atoms with E-state index in [4.69, 9.17) is 4.74 Å². The average Bonchev–Trinajstić information content (AvgIpc) is 2.41. The molecule has 1 aromatic heterocycles. The van der Waals surface area contributed by atoms with Crippen LogP contribution in [0.25, 0.3) is 0 Å². The first kappa shape index (κ1) is 12.0. The summed E-state index contributed by atoms with van der Waals surface area (Å²) in [5.41, 5.74) is 3.59. The summed E-state index contributed by atoms with van der Waals surface area (Å²) >= 11 is 0. The Morgan fingerprint density at radius 2 is 2.05 bits per heavy atom. The lowest BCUT2D eigenvalue weighted by molar-refractivity contribution is -0.605. The van der Waals surface area contributed by atoms with Gasteiger partial charge in [-0.05, 0) is 18.6 Å². The van der Waals surface area contributed by atoms with Crippen molar-refractivity contribution in [1.29, 1.82) is 0 Å². The van der Waals surface area contributed by atoms with Crippen LogP contribution in [-0.4, -0.2) is 11.6 Å². The summed E-state index contributed by atoms with van der Waals surface area (Å²) in [5.74, 6) is 0.979. The van der Waals surface area contributed by atoms with Gasteiger partial charge in [-0.25, -0.2) is 0 Å². The normalized spacial score (nSPS) is 14.8. The summed E-state index contributed by atoms with van der Waals surface area (Å²) in [6.45, 7) is 4.34. The van der Waals surface area contributed by atoms with Crippen LogP contribution in [0.5, 0.6) is 5.75 Å². The second kappa shape index (κ2) is 4.90. The molecule has 0 bridgehead atoms. The molecule has 2 heterocycles. The zero-order valence-electron chi connectivity index (χ0n) is 10.9. The molecule has 19 heavy (non-hydrogen) atoms. The number of rotatable bonds is 2. The van der Waals surface area contributed by atoms with Gasteiger partial charge in [-0.15, -0.1) is 0 Å². The van der Waals surface area contributed by atoms with Crippen molar-refractivity contribution >= 4 is 0 Å². The maximum absolute atomic E-state index is 11.0. The number of fused-ring (bicyclic) bond motifs is 1. The maximum Gasteiger partial charge on any atom is 0.180 e. The molecule has 98 valence electrons. The third-order valence-corrected chi connectivity index (χ3v) is 3.29. The van der Waals surface area contributed by atoms with Gasteiger partial charge in [-0.1, -0.05) is 17.7 Å². The second-order valence-electron chi connectivity index (χ2n) is 4.94. The zero-order chi connectivity index (χ0) is 13.2. The van der Waals surface area contributed by atoms with Crippen molar-refractivity contribution in [3.05, 3.63) is 64.6 Å². The largest absolute Gasteiger partial charge is 0.619 e. The number of aromatic nitrogens is 1. The van der Waals surface area contributed by atoms with E-state index in [1.807, 2.05) is 18.2 Å². The maximum atomic E-state index is 11.0. The van der Waals surface area contributed by atoms with Crippen LogP contribution < -0.4 is 9.47 Å². The van der Waals surface area contributed by atoms with Gasteiger partial charge >= 0.3 is 0 Å². The van der Waals surface area contributed by atoms with Crippen LogP contribution >= 0.6 is 0 Å². The molecule has 0 spiro atoms. The van der Waals surface area contributed by atoms with Gasteiger partial charge in [0.05, 0.1) is 0 Å². The van der Waals surface area contributed by atoms with Crippen molar-refractivity contribution < 1.29 is 9.47 Å². The summed E-state index contributed by atoms with van der Waals surface area (Å²) < 4.78 is 6.55. The van der Waals surface area contributed by atoms with E-state index in [1.165, 1.54) is 23.5 Å². The van der Waals surface area contributed by atoms with Crippen LogP contribution in [0.3, 0.4) is 0 Å². The summed E-state index contributed by atoms with van der Waals surface area (Å²) in [6.07, 6.45) is 3.05. The van der Waals surface area contributed by atoms with Crippen LogP contribution in [-0.2, 0) is 13.1 Å². The van der Waals surface area contributed by atoms with Gasteiger partial charge in [-0.2, -0.15) is 4.73 Å². The average molecular weight is 256 g/mol. The molecule has 0 amide bonds. The lowest BCUT2D eigenvalue weighted by Gasteiger charge is -2.29. The molecule has 1 aliphatic rings. The van der Waals surface area contributed by atoms with E-state index in [2.05, 4.69) is 24.0 Å². The Bertz CT molecular complexity index is 581. The summed E-state index contributed by atoms with van der Waals surface area (Å²) in [5, 5.41) is 11.0. The van der Waals surface area contributed by atoms with Gasteiger partial charge in [0.1, 0.15) is 12.5 Å². The van der Waals surface area contributed by atoms with Crippen LogP contribution in [0.2, 0.25) is 0 Å². The molecule has 0 N–H and O–H groups in total. The van der Waals surface area contributed by atoms with E-state index in [-0.39, 0.29) is 0 Å². The number of nitrogens with zero attached hydrogens (tertiary/aromatic N) is 2. The number of benzene rings is 1. The number of pyridine rings is 1. The second-order valence-corrected chi connectivity index (χ2v) is 4.94. The highest BCUT2D eigenvalue weighted by molar-refractivity contribution is 5.37. The van der Waals surface area contributed by atoms with Crippen molar-refractivity contribution in [2.45, 2.75) is 20.0 Å². The van der Waals surface area contributed by atoms with Gasteiger partial charge in [0.15, 0.2) is 12.4 Å². The van der Waals surface area contributed by atoms with Gasteiger partial charge in [0.2, 0.25) is 0 Å². The van der Waals surface area contributed by atoms with E-state index in [0.717, 1.165) is 29.1 Å². The van der Waals surface area contributed by atoms with Gasteiger partial charge in [-0.3, -0.25) is 4.90 Å². The third-order valence-electron chi connectivity index (χ3n) is 3.29. The highest BCUT2D eigenvalue weighted by Crippen LogP contribution is 2.26. The quantitative estimate of drug-likeness (QED) is 0.609. The molecule has 0 saturated carbocycles. The minimum Gasteiger partial charge on any atom is -0.619 e. The number of ether oxygens (including phenoxy) is 1. The predicted molar refractivity (Wildman–Crippen MR) is 71.3 cm³/mol. The molecule has 1 aliphatic heterocycles. The van der Waals surface area contributed by atoms with Crippen LogP contribution in [0.1, 0.15) is 16.7 Å². The Kier molecular flexibility index (Phi) is 3.09. The molecule has 0 atom stereocenters. The summed E-state index contributed by atoms with van der Waals surface area (Å²) in [6, 6.07) is 9.96. The predicted octanol–water partition coefficient (Wildman–Crippen LogP) is 1.98. The molecular weight excluding hydrogens is 240 g/mol. The minimum atomic E-state index is 0.586. The Morgan fingerprint density at radius 3 is 2.84 bits per heavy atom. The van der Waals surface area contributed by atoms with Crippen molar-refractivity contribution in [3.63, 3.8) is 0 Å². The fraction of sp³-hybridized carbons (Fsp3) is 0.267. The molecule has 4 nitrogen and oxygen atoms in total. The van der Waals surface area contributed by atoms with E-state index in [1.54, 1.807) is 0 Å². The van der Waals surface area contributed by atoms with E-state index in [9.17, 15) is 5.21 Å². The van der Waals surface area contributed by atoms with Gasteiger partial charge in [0.25, 0.3) is 0 Å². The molecule has 2 aromatic rings. The number of aryl methyl sites for hydroxylation is 1. The first-order valence-corrected chi connectivity index (χ1v) is 6.33. The number of hydrogen-bond donors (Lipinski definition) is 0. The highest BCUT2D eigenvalue weighted by Gasteiger charge is 2.17. The van der Waals surface area contributed by atoms with Crippen LogP contribution in [0.15, 0.2) is 42.7 Å². The Hall–Kier alpha value is -2.07. The van der Waals surface area contributed by atoms with E-state index < -0.39 is 0 Å². The standard InChI is InChI=1S/C15H16N2O2/c1-12-2-3-15-14(8-12)10-16(11-19-15)9-13-4-6-17(18)7-5-13/h2-8H,9-11H2,1H3. The first-order chi connectivity index (χ1) is 9.20. The van der Waals surface area contributed by atoms with E-state index in [0.29, 0.717) is 6.73 Å². The summed E-state index contributed by atoms with van der Waals surface area (Å²) in [4.78, 5) is 2.21. The smallest absolute Gasteiger partial charge is 0.180 e. The Morgan fingerprint density at radius 1 is 1.26 bits per heavy atom. The molecule has 0 radical (unpaired) electrons. The van der Waals surface area contributed by atoms with E-state index >= 15 is 0 Å². The van der Waals surface area contributed by atoms with Crippen molar-refractivity contribution in [2.75, 3.05) is 6.73 Å². The van der Waals surface area contributed by atoms with Gasteiger partial charge in [0, 0.05) is 30.8 Å². The van der Waals surface area contributed by atoms with Crippen LogP contribution in [0, 0.1) is 12.1 Å². The fourth-order valence-corrected chi connectivity index (χ4v) is 2.33. The molecule has 3 rings (SSSR count). The van der Waals surface area contributed by atoms with Crippen molar-refractivity contribution in [2.24, 2.45) is 0 Å². The monoisotopic (exact) mass is 256 g/mol. The van der Waals surface area contributed by atoms with Crippen molar-refractivity contribution in [3.8, 4) is 5.75 Å². The Balaban J connectivity index is 1.73. The molecule has 1 aromatic carbocycles. The highest BCUT2D eigenvalue weighted by atomic mass is 16.5. The fourth-order valence-electron chi connectivity index (χ4n) is 2.33. The molecule has 0 unspecified atom stereocenters. The molecule has 0 saturated heterocycles. The van der Waals surface area contributed by atoms with Gasteiger partial charge < -0.3 is 9.94 Å². The van der Waals surface area contributed by atoms with Crippen LogP contribution in [0.4, 0.5) is 0 Å². The number of hydrogen-bond acceptors (Lipinski definition) is 3. The minimum absolute atomic E-state index is 0.586. The zero-order valence-corrected chi connectivity index (χ0v) is 10.9. The molecular formula is C15H16N2O2. The van der Waals surface area contributed by atoms with Crippen molar-refractivity contribution in [1.82, 2.24) is 4.90 Å². The lowest BCUT2D eigenvalue weighted by atomic mass is 10.1. The molecule has 4 heteroatoms. The lowest BCUT2D eigenvalue weighted by Crippen LogP contribution is -2.32. The first-order valence-electron chi connectivity index (χ1n) is 6.33. The molecule has 0 aliphatic carbocycles.